The Hall–Kier alpha value is -1.06. The van der Waals surface area contributed by atoms with Crippen molar-refractivity contribution < 1.29 is 19.4 Å². The van der Waals surface area contributed by atoms with Crippen LogP contribution in [0.3, 0.4) is 0 Å². The number of unbranched alkanes of at least 4 members (excludes halogenated alkanes) is 1. The van der Waals surface area contributed by atoms with Crippen molar-refractivity contribution in [3.8, 4) is 0 Å². The summed E-state index contributed by atoms with van der Waals surface area (Å²) in [6.07, 6.45) is 2.59. The van der Waals surface area contributed by atoms with E-state index in [0.717, 1.165) is 12.8 Å². The maximum absolute atomic E-state index is 11.9. The zero-order valence-electron chi connectivity index (χ0n) is 12.2. The largest absolute Gasteiger partial charge is 0.481 e. The van der Waals surface area contributed by atoms with Gasteiger partial charge in [0.2, 0.25) is 0 Å². The zero-order valence-corrected chi connectivity index (χ0v) is 12.2. The van der Waals surface area contributed by atoms with Gasteiger partial charge in [-0.2, -0.15) is 0 Å². The molecule has 4 nitrogen and oxygen atoms in total. The van der Waals surface area contributed by atoms with Crippen molar-refractivity contribution in [2.45, 2.75) is 60.3 Å². The maximum atomic E-state index is 11.9. The molecule has 0 aliphatic carbocycles. The van der Waals surface area contributed by atoms with Gasteiger partial charge in [0.15, 0.2) is 0 Å². The summed E-state index contributed by atoms with van der Waals surface area (Å²) in [5.41, 5.74) is -1.65. The summed E-state index contributed by atoms with van der Waals surface area (Å²) in [7, 11) is 0. The van der Waals surface area contributed by atoms with Crippen LogP contribution in [0.15, 0.2) is 0 Å². The van der Waals surface area contributed by atoms with Crippen LogP contribution in [-0.4, -0.2) is 23.7 Å². The molecule has 0 amide bonds. The van der Waals surface area contributed by atoms with Crippen molar-refractivity contribution in [2.24, 2.45) is 10.8 Å². The van der Waals surface area contributed by atoms with Gasteiger partial charge in [-0.05, 0) is 40.0 Å². The summed E-state index contributed by atoms with van der Waals surface area (Å²) in [6.45, 7) is 9.44. The van der Waals surface area contributed by atoms with Crippen LogP contribution in [0.2, 0.25) is 0 Å². The fourth-order valence-corrected chi connectivity index (χ4v) is 1.90. The second-order valence-corrected chi connectivity index (χ2v) is 5.77. The molecule has 0 heterocycles. The summed E-state index contributed by atoms with van der Waals surface area (Å²) in [5, 5.41) is 9.24. The van der Waals surface area contributed by atoms with E-state index in [1.165, 1.54) is 0 Å². The molecule has 0 spiro atoms. The van der Waals surface area contributed by atoms with Gasteiger partial charge in [-0.25, -0.2) is 0 Å². The minimum absolute atomic E-state index is 0.288. The van der Waals surface area contributed by atoms with Crippen LogP contribution in [0.4, 0.5) is 0 Å². The molecule has 0 fully saturated rings. The molecule has 0 radical (unpaired) electrons. The summed E-state index contributed by atoms with van der Waals surface area (Å²) in [5.74, 6) is -1.17. The first kappa shape index (κ1) is 16.9. The zero-order chi connectivity index (χ0) is 14.4. The Kier molecular flexibility index (Phi) is 6.36. The van der Waals surface area contributed by atoms with Crippen molar-refractivity contribution in [3.63, 3.8) is 0 Å². The Morgan fingerprint density at radius 3 is 2.11 bits per heavy atom. The lowest BCUT2D eigenvalue weighted by molar-refractivity contribution is -0.160. The molecule has 1 unspecified atom stereocenters. The average molecular weight is 258 g/mol. The first-order valence-electron chi connectivity index (χ1n) is 6.60. The highest BCUT2D eigenvalue weighted by molar-refractivity contribution is 5.79. The second kappa shape index (κ2) is 6.76. The lowest BCUT2D eigenvalue weighted by atomic mass is 9.72. The van der Waals surface area contributed by atoms with Gasteiger partial charge in [-0.3, -0.25) is 9.59 Å². The number of carboxylic acid groups (broad SMARTS) is 1. The van der Waals surface area contributed by atoms with Crippen LogP contribution in [0, 0.1) is 10.8 Å². The molecular weight excluding hydrogens is 232 g/mol. The Morgan fingerprint density at radius 2 is 1.72 bits per heavy atom. The monoisotopic (exact) mass is 258 g/mol. The molecule has 1 atom stereocenters. The van der Waals surface area contributed by atoms with Crippen LogP contribution < -0.4 is 0 Å². The SMILES string of the molecule is CCCCOC(=O)C(C)(C)CC(C)(CC)C(=O)O. The highest BCUT2D eigenvalue weighted by atomic mass is 16.5. The lowest BCUT2D eigenvalue weighted by Crippen LogP contribution is -2.37. The first-order chi connectivity index (χ1) is 8.19. The molecule has 18 heavy (non-hydrogen) atoms. The molecule has 0 saturated heterocycles. The van der Waals surface area contributed by atoms with Gasteiger partial charge >= 0.3 is 11.9 Å². The standard InChI is InChI=1S/C14H26O4/c1-6-8-9-18-12(17)13(3,4)10-14(5,7-2)11(15)16/h6-10H2,1-5H3,(H,15,16). The van der Waals surface area contributed by atoms with Gasteiger partial charge in [-0.1, -0.05) is 20.3 Å². The normalized spacial score (nSPS) is 14.9. The Bertz CT molecular complexity index is 296. The van der Waals surface area contributed by atoms with Crippen molar-refractivity contribution in [2.75, 3.05) is 6.61 Å². The topological polar surface area (TPSA) is 63.6 Å². The molecule has 1 N–H and O–H groups in total. The highest BCUT2D eigenvalue weighted by Gasteiger charge is 2.41. The number of esters is 1. The molecule has 0 aromatic heterocycles. The number of ether oxygens (including phenoxy) is 1. The van der Waals surface area contributed by atoms with Crippen LogP contribution in [-0.2, 0) is 14.3 Å². The highest BCUT2D eigenvalue weighted by Crippen LogP contribution is 2.37. The molecule has 0 rings (SSSR count). The third-order valence-corrected chi connectivity index (χ3v) is 3.41. The molecule has 0 aromatic carbocycles. The molecule has 0 aromatic rings. The third kappa shape index (κ3) is 4.67. The maximum Gasteiger partial charge on any atom is 0.311 e. The Balaban J connectivity index is 4.62. The summed E-state index contributed by atoms with van der Waals surface area (Å²) in [6, 6.07) is 0. The van der Waals surface area contributed by atoms with E-state index in [2.05, 4.69) is 0 Å². The summed E-state index contributed by atoms with van der Waals surface area (Å²) < 4.78 is 5.19. The number of carbonyl (C=O) groups is 2. The molecule has 0 bridgehead atoms. The van der Waals surface area contributed by atoms with Gasteiger partial charge in [0.05, 0.1) is 17.4 Å². The van der Waals surface area contributed by atoms with Gasteiger partial charge in [0.25, 0.3) is 0 Å². The molecule has 106 valence electrons. The molecule has 0 aliphatic heterocycles. The van der Waals surface area contributed by atoms with Crippen LogP contribution >= 0.6 is 0 Å². The quantitative estimate of drug-likeness (QED) is 0.536. The third-order valence-electron chi connectivity index (χ3n) is 3.41. The van der Waals surface area contributed by atoms with Gasteiger partial charge in [-0.15, -0.1) is 0 Å². The Morgan fingerprint density at radius 1 is 1.17 bits per heavy atom. The van der Waals surface area contributed by atoms with E-state index >= 15 is 0 Å². The van der Waals surface area contributed by atoms with Crippen molar-refractivity contribution in [1.82, 2.24) is 0 Å². The van der Waals surface area contributed by atoms with Crippen molar-refractivity contribution in [3.05, 3.63) is 0 Å². The fourth-order valence-electron chi connectivity index (χ4n) is 1.90. The Labute approximate surface area is 110 Å². The second-order valence-electron chi connectivity index (χ2n) is 5.77. The fraction of sp³-hybridized carbons (Fsp3) is 0.857. The van der Waals surface area contributed by atoms with E-state index < -0.39 is 16.8 Å². The smallest absolute Gasteiger partial charge is 0.311 e. The summed E-state index contributed by atoms with van der Waals surface area (Å²) in [4.78, 5) is 23.2. The number of hydrogen-bond acceptors (Lipinski definition) is 3. The average Bonchev–Trinajstić information content (AvgIpc) is 2.28. The minimum atomic E-state index is -0.882. The molecular formula is C14H26O4. The number of aliphatic carboxylic acids is 1. The first-order valence-corrected chi connectivity index (χ1v) is 6.60. The van der Waals surface area contributed by atoms with Gasteiger partial charge in [0.1, 0.15) is 0 Å². The van der Waals surface area contributed by atoms with E-state index in [4.69, 9.17) is 4.74 Å². The van der Waals surface area contributed by atoms with E-state index in [9.17, 15) is 14.7 Å². The predicted molar refractivity (Wildman–Crippen MR) is 70.3 cm³/mol. The lowest BCUT2D eigenvalue weighted by Gasteiger charge is -2.32. The van der Waals surface area contributed by atoms with Crippen molar-refractivity contribution >= 4 is 11.9 Å². The molecule has 0 aliphatic rings. The number of hydrogen-bond donors (Lipinski definition) is 1. The van der Waals surface area contributed by atoms with E-state index in [0.29, 0.717) is 13.0 Å². The van der Waals surface area contributed by atoms with Crippen LogP contribution in [0.25, 0.3) is 0 Å². The van der Waals surface area contributed by atoms with E-state index in [1.54, 1.807) is 20.8 Å². The van der Waals surface area contributed by atoms with Crippen LogP contribution in [0.1, 0.15) is 60.3 Å². The molecule has 0 saturated carbocycles. The minimum Gasteiger partial charge on any atom is -0.481 e. The number of carbonyl (C=O) groups excluding carboxylic acids is 1. The van der Waals surface area contributed by atoms with Crippen LogP contribution in [0.5, 0.6) is 0 Å². The summed E-state index contributed by atoms with van der Waals surface area (Å²) >= 11 is 0. The predicted octanol–water partition coefficient (Wildman–Crippen LogP) is 3.25. The van der Waals surface area contributed by atoms with Crippen molar-refractivity contribution in [1.29, 1.82) is 0 Å². The molecule has 4 heteroatoms. The van der Waals surface area contributed by atoms with E-state index in [-0.39, 0.29) is 12.4 Å². The van der Waals surface area contributed by atoms with E-state index in [1.807, 2.05) is 13.8 Å². The van der Waals surface area contributed by atoms with Gasteiger partial charge < -0.3 is 9.84 Å². The number of carboxylic acids is 1. The van der Waals surface area contributed by atoms with Gasteiger partial charge in [0, 0.05) is 0 Å². The number of rotatable bonds is 8.